The molecule has 3 fully saturated rings. The molecule has 1 aromatic rings. The minimum absolute atomic E-state index is 0.0392. The zero-order valence-corrected chi connectivity index (χ0v) is 17.4. The van der Waals surface area contributed by atoms with Crippen LogP contribution >= 0.6 is 0 Å². The number of amides is 2. The van der Waals surface area contributed by atoms with Gasteiger partial charge < -0.3 is 24.0 Å². The van der Waals surface area contributed by atoms with Gasteiger partial charge in [-0.25, -0.2) is 0 Å². The van der Waals surface area contributed by atoms with Crippen molar-refractivity contribution in [2.45, 2.75) is 38.6 Å². The summed E-state index contributed by atoms with van der Waals surface area (Å²) in [5.74, 6) is -0.633. The van der Waals surface area contributed by atoms with Crippen LogP contribution in [0.3, 0.4) is 0 Å². The van der Waals surface area contributed by atoms with Gasteiger partial charge in [0.1, 0.15) is 5.75 Å². The van der Waals surface area contributed by atoms with Gasteiger partial charge in [-0.05, 0) is 37.8 Å². The fraction of sp³-hybridized carbons (Fsp3) is 0.636. The molecule has 3 aliphatic rings. The Hall–Kier alpha value is -2.26. The molecule has 9 heteroatoms. The largest absolute Gasteiger partial charge is 0.434 e. The van der Waals surface area contributed by atoms with Crippen molar-refractivity contribution >= 4 is 11.8 Å². The molecule has 2 atom stereocenters. The Balaban J connectivity index is 1.40. The number of halogens is 2. The van der Waals surface area contributed by atoms with Crippen molar-refractivity contribution in [2.75, 3.05) is 39.4 Å². The lowest BCUT2D eigenvalue weighted by molar-refractivity contribution is -0.144. The number of carbonyl (C=O) groups excluding carboxylic acids is 2. The topological polar surface area (TPSA) is 68.3 Å². The van der Waals surface area contributed by atoms with Crippen molar-refractivity contribution < 1.29 is 32.6 Å². The lowest BCUT2D eigenvalue weighted by atomic mass is 9.92. The lowest BCUT2D eigenvalue weighted by Crippen LogP contribution is -2.50. The van der Waals surface area contributed by atoms with Gasteiger partial charge in [-0.1, -0.05) is 12.1 Å². The number of alkyl halides is 2. The Bertz CT molecular complexity index is 787. The maximum atomic E-state index is 13.2. The monoisotopic (exact) mass is 438 g/mol. The summed E-state index contributed by atoms with van der Waals surface area (Å²) in [6, 6.07) is 5.98. The van der Waals surface area contributed by atoms with Crippen LogP contribution < -0.4 is 4.74 Å². The molecule has 1 aromatic carbocycles. The van der Waals surface area contributed by atoms with Crippen molar-refractivity contribution in [1.29, 1.82) is 0 Å². The van der Waals surface area contributed by atoms with Gasteiger partial charge in [0.25, 0.3) is 5.91 Å². The van der Waals surface area contributed by atoms with Gasteiger partial charge in [0, 0.05) is 32.1 Å². The molecule has 31 heavy (non-hydrogen) atoms. The Labute approximate surface area is 180 Å². The fourth-order valence-electron chi connectivity index (χ4n) is 4.71. The van der Waals surface area contributed by atoms with E-state index in [0.29, 0.717) is 45.7 Å². The van der Waals surface area contributed by atoms with Crippen molar-refractivity contribution in [2.24, 2.45) is 11.8 Å². The SMILES string of the molecule is O=C(c1ccccc1OC(F)F)N1CCCC(C(=O)N2CCCC(C3OCCO3)C2)C1. The summed E-state index contributed by atoms with van der Waals surface area (Å²) in [5, 5.41) is 0. The number of rotatable bonds is 5. The van der Waals surface area contributed by atoms with E-state index >= 15 is 0 Å². The van der Waals surface area contributed by atoms with Gasteiger partial charge in [-0.3, -0.25) is 9.59 Å². The number of hydrogen-bond donors (Lipinski definition) is 0. The highest BCUT2D eigenvalue weighted by Gasteiger charge is 2.37. The number of likely N-dealkylation sites (tertiary alicyclic amines) is 2. The number of ether oxygens (including phenoxy) is 3. The Morgan fingerprint density at radius 1 is 1.00 bits per heavy atom. The van der Waals surface area contributed by atoms with E-state index in [0.717, 1.165) is 12.8 Å². The lowest BCUT2D eigenvalue weighted by Gasteiger charge is -2.39. The van der Waals surface area contributed by atoms with E-state index in [2.05, 4.69) is 4.74 Å². The first-order chi connectivity index (χ1) is 15.0. The molecule has 4 rings (SSSR count). The van der Waals surface area contributed by atoms with Crippen LogP contribution in [-0.2, 0) is 14.3 Å². The molecule has 3 aliphatic heterocycles. The molecule has 170 valence electrons. The van der Waals surface area contributed by atoms with Crippen LogP contribution in [0.5, 0.6) is 5.75 Å². The third-order valence-corrected chi connectivity index (χ3v) is 6.19. The van der Waals surface area contributed by atoms with Crippen LogP contribution in [0.2, 0.25) is 0 Å². The molecular weight excluding hydrogens is 410 g/mol. The van der Waals surface area contributed by atoms with E-state index in [1.54, 1.807) is 17.0 Å². The van der Waals surface area contributed by atoms with Gasteiger partial charge in [-0.2, -0.15) is 8.78 Å². The molecule has 3 saturated heterocycles. The standard InChI is InChI=1S/C22H28F2N2O5/c23-22(24)31-18-8-2-1-7-17(18)20(28)26-10-3-5-15(13-26)19(27)25-9-4-6-16(14-25)21-29-11-12-30-21/h1-2,7-8,15-16,21-22H,3-6,9-14H2. The van der Waals surface area contributed by atoms with Gasteiger partial charge in [0.2, 0.25) is 5.91 Å². The second kappa shape index (κ2) is 9.91. The van der Waals surface area contributed by atoms with E-state index < -0.39 is 12.5 Å². The van der Waals surface area contributed by atoms with E-state index in [1.807, 2.05) is 4.90 Å². The summed E-state index contributed by atoms with van der Waals surface area (Å²) in [6.07, 6.45) is 3.01. The second-order valence-electron chi connectivity index (χ2n) is 8.26. The summed E-state index contributed by atoms with van der Waals surface area (Å²) < 4.78 is 41.2. The molecule has 0 saturated carbocycles. The predicted octanol–water partition coefficient (Wildman–Crippen LogP) is 2.75. The number of nitrogens with zero attached hydrogens (tertiary/aromatic N) is 2. The van der Waals surface area contributed by atoms with Crippen LogP contribution in [0.1, 0.15) is 36.0 Å². The van der Waals surface area contributed by atoms with Crippen molar-refractivity contribution in [3.63, 3.8) is 0 Å². The normalized spacial score (nSPS) is 25.1. The first-order valence-electron chi connectivity index (χ1n) is 10.9. The fourth-order valence-corrected chi connectivity index (χ4v) is 4.71. The van der Waals surface area contributed by atoms with E-state index in [9.17, 15) is 18.4 Å². The van der Waals surface area contributed by atoms with E-state index in [1.165, 1.54) is 12.1 Å². The average Bonchev–Trinajstić information content (AvgIpc) is 3.33. The summed E-state index contributed by atoms with van der Waals surface area (Å²) in [5.41, 5.74) is 0.0875. The summed E-state index contributed by atoms with van der Waals surface area (Å²) in [7, 11) is 0. The van der Waals surface area contributed by atoms with E-state index in [4.69, 9.17) is 9.47 Å². The molecule has 0 spiro atoms. The maximum absolute atomic E-state index is 13.2. The maximum Gasteiger partial charge on any atom is 0.387 e. The number of hydrogen-bond acceptors (Lipinski definition) is 5. The van der Waals surface area contributed by atoms with Crippen LogP contribution in [-0.4, -0.2) is 73.9 Å². The summed E-state index contributed by atoms with van der Waals surface area (Å²) >= 11 is 0. The van der Waals surface area contributed by atoms with Crippen LogP contribution in [0, 0.1) is 11.8 Å². The zero-order valence-electron chi connectivity index (χ0n) is 17.4. The number of carbonyl (C=O) groups is 2. The van der Waals surface area contributed by atoms with Gasteiger partial charge in [0.15, 0.2) is 6.29 Å². The molecular formula is C22H28F2N2O5. The second-order valence-corrected chi connectivity index (χ2v) is 8.26. The Morgan fingerprint density at radius 3 is 2.48 bits per heavy atom. The van der Waals surface area contributed by atoms with Crippen LogP contribution in [0.4, 0.5) is 8.78 Å². The Morgan fingerprint density at radius 2 is 1.71 bits per heavy atom. The van der Waals surface area contributed by atoms with Crippen LogP contribution in [0.25, 0.3) is 0 Å². The quantitative estimate of drug-likeness (QED) is 0.707. The molecule has 0 N–H and O–H groups in total. The molecule has 7 nitrogen and oxygen atoms in total. The molecule has 2 unspecified atom stereocenters. The first-order valence-corrected chi connectivity index (χ1v) is 10.9. The van der Waals surface area contributed by atoms with Crippen molar-refractivity contribution in [1.82, 2.24) is 9.80 Å². The highest BCUT2D eigenvalue weighted by atomic mass is 19.3. The van der Waals surface area contributed by atoms with Gasteiger partial charge >= 0.3 is 6.61 Å². The minimum Gasteiger partial charge on any atom is -0.434 e. The Kier molecular flexibility index (Phi) is 7.02. The van der Waals surface area contributed by atoms with E-state index in [-0.39, 0.29) is 41.9 Å². The number of piperidine rings is 2. The molecule has 3 heterocycles. The third-order valence-electron chi connectivity index (χ3n) is 6.19. The smallest absolute Gasteiger partial charge is 0.387 e. The molecule has 0 aromatic heterocycles. The minimum atomic E-state index is -3.01. The first kappa shape index (κ1) is 22.0. The zero-order chi connectivity index (χ0) is 21.8. The van der Waals surface area contributed by atoms with Gasteiger partial charge in [0.05, 0.1) is 24.7 Å². The molecule has 0 radical (unpaired) electrons. The highest BCUT2D eigenvalue weighted by molar-refractivity contribution is 5.97. The highest BCUT2D eigenvalue weighted by Crippen LogP contribution is 2.29. The summed E-state index contributed by atoms with van der Waals surface area (Å²) in [4.78, 5) is 29.7. The third kappa shape index (κ3) is 5.15. The van der Waals surface area contributed by atoms with Crippen LogP contribution in [0.15, 0.2) is 24.3 Å². The molecule has 0 bridgehead atoms. The number of benzene rings is 1. The van der Waals surface area contributed by atoms with Crippen molar-refractivity contribution in [3.05, 3.63) is 29.8 Å². The predicted molar refractivity (Wildman–Crippen MR) is 107 cm³/mol. The van der Waals surface area contributed by atoms with Crippen molar-refractivity contribution in [3.8, 4) is 5.75 Å². The molecule has 2 amide bonds. The number of para-hydroxylation sites is 1. The average molecular weight is 438 g/mol. The summed E-state index contributed by atoms with van der Waals surface area (Å²) in [6.45, 7) is 0.216. The van der Waals surface area contributed by atoms with Gasteiger partial charge in [-0.15, -0.1) is 0 Å². The molecule has 0 aliphatic carbocycles.